The zero-order valence-corrected chi connectivity index (χ0v) is 9.24. The van der Waals surface area contributed by atoms with E-state index in [0.717, 1.165) is 37.6 Å². The Balaban J connectivity index is 1.66. The van der Waals surface area contributed by atoms with Crippen molar-refractivity contribution in [2.75, 3.05) is 31.1 Å². The van der Waals surface area contributed by atoms with Gasteiger partial charge in [0.1, 0.15) is 0 Å². The van der Waals surface area contributed by atoms with E-state index in [-0.39, 0.29) is 11.8 Å². The third-order valence-corrected chi connectivity index (χ3v) is 4.19. The van der Waals surface area contributed by atoms with Crippen LogP contribution in [0.25, 0.3) is 0 Å². The average molecular weight is 214 g/mol. The van der Waals surface area contributed by atoms with Gasteiger partial charge in [-0.05, 0) is 37.6 Å². The molecule has 2 aliphatic heterocycles. The Kier molecular flexibility index (Phi) is 3.70. The van der Waals surface area contributed by atoms with Gasteiger partial charge in [0.2, 0.25) is 5.91 Å². The Hall–Kier alpha value is -0.220. The molecule has 3 nitrogen and oxygen atoms in total. The lowest BCUT2D eigenvalue weighted by Crippen LogP contribution is -2.35. The Morgan fingerprint density at radius 3 is 3.07 bits per heavy atom. The summed E-state index contributed by atoms with van der Waals surface area (Å²) in [6, 6.07) is 0. The molecule has 0 aliphatic carbocycles. The quantitative estimate of drug-likeness (QED) is 0.717. The molecule has 2 atom stereocenters. The van der Waals surface area contributed by atoms with Gasteiger partial charge < -0.3 is 10.6 Å². The van der Waals surface area contributed by atoms with Crippen molar-refractivity contribution in [3.8, 4) is 0 Å². The average Bonchev–Trinajstić information content (AvgIpc) is 2.87. The molecule has 2 aliphatic rings. The van der Waals surface area contributed by atoms with E-state index in [4.69, 9.17) is 0 Å². The summed E-state index contributed by atoms with van der Waals surface area (Å²) in [5.41, 5.74) is 0. The molecule has 2 rings (SSSR count). The summed E-state index contributed by atoms with van der Waals surface area (Å²) < 4.78 is 0. The van der Waals surface area contributed by atoms with E-state index in [2.05, 4.69) is 10.6 Å². The second-order valence-corrected chi connectivity index (χ2v) is 5.31. The van der Waals surface area contributed by atoms with Crippen LogP contribution in [0.3, 0.4) is 0 Å². The fraction of sp³-hybridized carbons (Fsp3) is 0.900. The van der Waals surface area contributed by atoms with Crippen molar-refractivity contribution < 1.29 is 4.79 Å². The SMILES string of the molecule is O=C(NCC1CCNC1)C1CCSC1. The molecule has 2 N–H and O–H groups in total. The zero-order chi connectivity index (χ0) is 9.80. The summed E-state index contributed by atoms with van der Waals surface area (Å²) in [7, 11) is 0. The molecular formula is C10H18N2OS. The second kappa shape index (κ2) is 5.03. The number of thioether (sulfide) groups is 1. The first kappa shape index (κ1) is 10.3. The highest BCUT2D eigenvalue weighted by atomic mass is 32.2. The standard InChI is InChI=1S/C10H18N2OS/c13-10(9-2-4-14-7-9)12-6-8-1-3-11-5-8/h8-9,11H,1-7H2,(H,12,13). The summed E-state index contributed by atoms with van der Waals surface area (Å²) in [5.74, 6) is 3.40. The van der Waals surface area contributed by atoms with Crippen LogP contribution < -0.4 is 10.6 Å². The van der Waals surface area contributed by atoms with Crippen LogP contribution in [0.1, 0.15) is 12.8 Å². The number of hydrogen-bond donors (Lipinski definition) is 2. The van der Waals surface area contributed by atoms with Crippen LogP contribution in [0, 0.1) is 11.8 Å². The third-order valence-electron chi connectivity index (χ3n) is 3.03. The first-order valence-corrected chi connectivity index (χ1v) is 6.58. The zero-order valence-electron chi connectivity index (χ0n) is 8.42. The lowest BCUT2D eigenvalue weighted by Gasteiger charge is -2.12. The van der Waals surface area contributed by atoms with Crippen molar-refractivity contribution in [3.05, 3.63) is 0 Å². The summed E-state index contributed by atoms with van der Waals surface area (Å²) in [6.07, 6.45) is 2.28. The van der Waals surface area contributed by atoms with Crippen LogP contribution in [0.4, 0.5) is 0 Å². The number of amides is 1. The molecule has 80 valence electrons. The highest BCUT2D eigenvalue weighted by molar-refractivity contribution is 7.99. The normalized spacial score (nSPS) is 32.0. The van der Waals surface area contributed by atoms with E-state index in [9.17, 15) is 4.79 Å². The van der Waals surface area contributed by atoms with Gasteiger partial charge >= 0.3 is 0 Å². The third kappa shape index (κ3) is 2.64. The number of nitrogens with one attached hydrogen (secondary N) is 2. The van der Waals surface area contributed by atoms with Gasteiger partial charge in [-0.1, -0.05) is 0 Å². The van der Waals surface area contributed by atoms with Gasteiger partial charge in [-0.2, -0.15) is 11.8 Å². The Morgan fingerprint density at radius 1 is 1.50 bits per heavy atom. The molecule has 0 bridgehead atoms. The maximum Gasteiger partial charge on any atom is 0.223 e. The van der Waals surface area contributed by atoms with Crippen molar-refractivity contribution in [1.82, 2.24) is 10.6 Å². The molecule has 2 unspecified atom stereocenters. The molecule has 4 heteroatoms. The number of rotatable bonds is 3. The van der Waals surface area contributed by atoms with Gasteiger partial charge in [0.25, 0.3) is 0 Å². The van der Waals surface area contributed by atoms with Crippen LogP contribution in [-0.2, 0) is 4.79 Å². The maximum absolute atomic E-state index is 11.7. The lowest BCUT2D eigenvalue weighted by molar-refractivity contribution is -0.124. The molecule has 0 aromatic rings. The highest BCUT2D eigenvalue weighted by Gasteiger charge is 2.24. The van der Waals surface area contributed by atoms with Crippen molar-refractivity contribution >= 4 is 17.7 Å². The van der Waals surface area contributed by atoms with Gasteiger partial charge in [0.05, 0.1) is 0 Å². The largest absolute Gasteiger partial charge is 0.356 e. The summed E-state index contributed by atoms with van der Waals surface area (Å²) in [5, 5.41) is 6.38. The number of hydrogen-bond acceptors (Lipinski definition) is 3. The molecule has 1 amide bonds. The van der Waals surface area contributed by atoms with Crippen LogP contribution in [-0.4, -0.2) is 37.0 Å². The Morgan fingerprint density at radius 2 is 2.43 bits per heavy atom. The summed E-state index contributed by atoms with van der Waals surface area (Å²) >= 11 is 1.90. The van der Waals surface area contributed by atoms with Gasteiger partial charge in [-0.25, -0.2) is 0 Å². The maximum atomic E-state index is 11.7. The van der Waals surface area contributed by atoms with Gasteiger partial charge in [-0.15, -0.1) is 0 Å². The minimum Gasteiger partial charge on any atom is -0.356 e. The van der Waals surface area contributed by atoms with E-state index >= 15 is 0 Å². The molecule has 14 heavy (non-hydrogen) atoms. The predicted octanol–water partition coefficient (Wildman–Crippen LogP) is 0.465. The van der Waals surface area contributed by atoms with Crippen molar-refractivity contribution in [3.63, 3.8) is 0 Å². The summed E-state index contributed by atoms with van der Waals surface area (Å²) in [4.78, 5) is 11.7. The summed E-state index contributed by atoms with van der Waals surface area (Å²) in [6.45, 7) is 3.05. The minimum absolute atomic E-state index is 0.280. The molecule has 2 fully saturated rings. The van der Waals surface area contributed by atoms with E-state index in [1.807, 2.05) is 11.8 Å². The van der Waals surface area contributed by atoms with Crippen molar-refractivity contribution in [2.24, 2.45) is 11.8 Å². The van der Waals surface area contributed by atoms with Crippen molar-refractivity contribution in [1.29, 1.82) is 0 Å². The second-order valence-electron chi connectivity index (χ2n) is 4.16. The Bertz CT molecular complexity index is 198. The van der Waals surface area contributed by atoms with Gasteiger partial charge in [-0.3, -0.25) is 4.79 Å². The molecular weight excluding hydrogens is 196 g/mol. The molecule has 0 spiro atoms. The predicted molar refractivity (Wildman–Crippen MR) is 59.4 cm³/mol. The fourth-order valence-electron chi connectivity index (χ4n) is 2.02. The molecule has 2 saturated heterocycles. The van der Waals surface area contributed by atoms with Crippen LogP contribution in [0.2, 0.25) is 0 Å². The van der Waals surface area contributed by atoms with Crippen molar-refractivity contribution in [2.45, 2.75) is 12.8 Å². The minimum atomic E-state index is 0.280. The molecule has 0 aromatic carbocycles. The first-order chi connectivity index (χ1) is 6.86. The van der Waals surface area contributed by atoms with Gasteiger partial charge in [0, 0.05) is 18.2 Å². The lowest BCUT2D eigenvalue weighted by atomic mass is 10.1. The Labute approximate surface area is 89.4 Å². The fourth-order valence-corrected chi connectivity index (χ4v) is 3.24. The van der Waals surface area contributed by atoms with Crippen LogP contribution in [0.5, 0.6) is 0 Å². The highest BCUT2D eigenvalue weighted by Crippen LogP contribution is 2.23. The number of carbonyl (C=O) groups excluding carboxylic acids is 1. The first-order valence-electron chi connectivity index (χ1n) is 5.42. The molecule has 0 saturated carbocycles. The number of carbonyl (C=O) groups is 1. The van der Waals surface area contributed by atoms with Crippen LogP contribution in [0.15, 0.2) is 0 Å². The topological polar surface area (TPSA) is 41.1 Å². The van der Waals surface area contributed by atoms with Crippen LogP contribution >= 0.6 is 11.8 Å². The van der Waals surface area contributed by atoms with E-state index in [1.54, 1.807) is 0 Å². The smallest absolute Gasteiger partial charge is 0.223 e. The van der Waals surface area contributed by atoms with Gasteiger partial charge in [0.15, 0.2) is 0 Å². The molecule has 0 radical (unpaired) electrons. The van der Waals surface area contributed by atoms with E-state index in [1.165, 1.54) is 6.42 Å². The molecule has 2 heterocycles. The monoisotopic (exact) mass is 214 g/mol. The molecule has 0 aromatic heterocycles. The van der Waals surface area contributed by atoms with E-state index in [0.29, 0.717) is 5.92 Å². The van der Waals surface area contributed by atoms with E-state index < -0.39 is 0 Å².